The van der Waals surface area contributed by atoms with E-state index in [0.717, 1.165) is 39.3 Å². The number of benzene rings is 1. The number of hydrogen-bond donors (Lipinski definition) is 1. The van der Waals surface area contributed by atoms with Crippen LogP contribution in [0.2, 0.25) is 0 Å². The van der Waals surface area contributed by atoms with Gasteiger partial charge < -0.3 is 15.1 Å². The highest BCUT2D eigenvalue weighted by Gasteiger charge is 2.31. The zero-order valence-electron chi connectivity index (χ0n) is 12.4. The van der Waals surface area contributed by atoms with Crippen molar-refractivity contribution in [3.8, 4) is 0 Å². The minimum atomic E-state index is -0.111. The average Bonchev–Trinajstić information content (AvgIpc) is 2.78. The van der Waals surface area contributed by atoms with Crippen LogP contribution in [0.1, 0.15) is 25.3 Å². The van der Waals surface area contributed by atoms with Gasteiger partial charge in [0.25, 0.3) is 0 Å². The van der Waals surface area contributed by atoms with Gasteiger partial charge in [-0.2, -0.15) is 0 Å². The number of anilines is 1. The Morgan fingerprint density at radius 1 is 1.30 bits per heavy atom. The van der Waals surface area contributed by atoms with Gasteiger partial charge in [-0.15, -0.1) is 0 Å². The highest BCUT2D eigenvalue weighted by molar-refractivity contribution is 5.61. The van der Waals surface area contributed by atoms with Gasteiger partial charge in [0.2, 0.25) is 0 Å². The number of hydrogen-bond acceptors (Lipinski definition) is 3. The third kappa shape index (κ3) is 2.67. The number of nitrogens with zero attached hydrogens (tertiary/aromatic N) is 2. The Labute approximate surface area is 120 Å². The lowest BCUT2D eigenvalue weighted by Gasteiger charge is -2.30. The molecule has 1 aromatic carbocycles. The molecule has 2 aliphatic heterocycles. The molecule has 1 saturated heterocycles. The summed E-state index contributed by atoms with van der Waals surface area (Å²) in [5, 5.41) is 3.38. The van der Waals surface area contributed by atoms with Gasteiger partial charge in [0.05, 0.1) is 0 Å². The van der Waals surface area contributed by atoms with Crippen molar-refractivity contribution in [3.63, 3.8) is 0 Å². The molecule has 110 valence electrons. The molecule has 0 aliphatic carbocycles. The highest BCUT2D eigenvalue weighted by atomic mass is 19.1. The van der Waals surface area contributed by atoms with Crippen LogP contribution in [0.3, 0.4) is 0 Å². The summed E-state index contributed by atoms with van der Waals surface area (Å²) in [7, 11) is 0. The first kappa shape index (κ1) is 13.8. The summed E-state index contributed by atoms with van der Waals surface area (Å²) in [4.78, 5) is 4.90. The molecule has 1 atom stereocenters. The van der Waals surface area contributed by atoms with Gasteiger partial charge in [0, 0.05) is 56.9 Å². The van der Waals surface area contributed by atoms with Crippen molar-refractivity contribution in [2.75, 3.05) is 44.2 Å². The van der Waals surface area contributed by atoms with Crippen molar-refractivity contribution in [1.29, 1.82) is 0 Å². The minimum absolute atomic E-state index is 0.111. The molecule has 0 amide bonds. The van der Waals surface area contributed by atoms with Crippen LogP contribution in [-0.2, 0) is 0 Å². The Morgan fingerprint density at radius 2 is 2.05 bits per heavy atom. The summed E-state index contributed by atoms with van der Waals surface area (Å²) in [6, 6.07) is 5.74. The molecule has 1 aromatic rings. The monoisotopic (exact) mass is 277 g/mol. The summed E-state index contributed by atoms with van der Waals surface area (Å²) in [5.41, 5.74) is 2.42. The summed E-state index contributed by atoms with van der Waals surface area (Å²) < 4.78 is 13.6. The van der Waals surface area contributed by atoms with Crippen LogP contribution in [0.15, 0.2) is 18.2 Å². The van der Waals surface area contributed by atoms with Gasteiger partial charge in [-0.25, -0.2) is 4.39 Å². The second kappa shape index (κ2) is 5.70. The van der Waals surface area contributed by atoms with E-state index in [1.165, 1.54) is 11.3 Å². The van der Waals surface area contributed by atoms with Crippen LogP contribution < -0.4 is 10.2 Å². The van der Waals surface area contributed by atoms with Gasteiger partial charge >= 0.3 is 0 Å². The fourth-order valence-corrected chi connectivity index (χ4v) is 3.40. The summed E-state index contributed by atoms with van der Waals surface area (Å²) >= 11 is 0. The maximum atomic E-state index is 13.6. The maximum Gasteiger partial charge on any atom is 0.123 e. The lowest BCUT2D eigenvalue weighted by molar-refractivity contribution is 0.229. The molecule has 1 fully saturated rings. The lowest BCUT2D eigenvalue weighted by Crippen LogP contribution is -2.45. The molecular weight excluding hydrogens is 253 g/mol. The Hall–Kier alpha value is -1.13. The van der Waals surface area contributed by atoms with E-state index in [1.54, 1.807) is 12.1 Å². The van der Waals surface area contributed by atoms with E-state index >= 15 is 0 Å². The number of piperazine rings is 1. The highest BCUT2D eigenvalue weighted by Crippen LogP contribution is 2.38. The van der Waals surface area contributed by atoms with Crippen LogP contribution >= 0.6 is 0 Å². The summed E-state index contributed by atoms with van der Waals surface area (Å²) in [6.45, 7) is 10.8. The van der Waals surface area contributed by atoms with Gasteiger partial charge in [-0.1, -0.05) is 0 Å². The van der Waals surface area contributed by atoms with Crippen molar-refractivity contribution in [2.24, 2.45) is 0 Å². The molecule has 0 radical (unpaired) electrons. The number of halogens is 1. The first-order chi connectivity index (χ1) is 9.65. The molecule has 1 unspecified atom stereocenters. The van der Waals surface area contributed by atoms with Crippen LogP contribution in [0.25, 0.3) is 0 Å². The largest absolute Gasteiger partial charge is 0.368 e. The fraction of sp³-hybridized carbons (Fsp3) is 0.625. The predicted octanol–water partition coefficient (Wildman–Crippen LogP) is 2.04. The maximum absolute atomic E-state index is 13.6. The van der Waals surface area contributed by atoms with Crippen LogP contribution in [0.4, 0.5) is 10.1 Å². The van der Waals surface area contributed by atoms with Crippen molar-refractivity contribution in [2.45, 2.75) is 25.8 Å². The second-order valence-electron chi connectivity index (χ2n) is 6.20. The Kier molecular flexibility index (Phi) is 3.94. The Bertz CT molecular complexity index is 469. The molecular formula is C16H24FN3. The molecule has 0 aromatic heterocycles. The van der Waals surface area contributed by atoms with E-state index in [1.807, 2.05) is 6.07 Å². The molecule has 20 heavy (non-hydrogen) atoms. The average molecular weight is 277 g/mol. The molecule has 0 bridgehead atoms. The molecule has 4 heteroatoms. The van der Waals surface area contributed by atoms with Gasteiger partial charge in [-0.3, -0.25) is 0 Å². The van der Waals surface area contributed by atoms with Crippen LogP contribution in [0, 0.1) is 5.82 Å². The van der Waals surface area contributed by atoms with Gasteiger partial charge in [0.1, 0.15) is 5.82 Å². The standard InChI is InChI=1S/C16H24FN3/c1-12(2)20-11-13(10-19-7-5-18-6-8-19)15-9-14(17)3-4-16(15)20/h3-4,9,12-13,18H,5-8,10-11H2,1-2H3. The fourth-order valence-electron chi connectivity index (χ4n) is 3.40. The van der Waals surface area contributed by atoms with Gasteiger partial charge in [-0.05, 0) is 37.6 Å². The third-order valence-electron chi connectivity index (χ3n) is 4.47. The topological polar surface area (TPSA) is 18.5 Å². The smallest absolute Gasteiger partial charge is 0.123 e. The van der Waals surface area contributed by atoms with Crippen molar-refractivity contribution in [1.82, 2.24) is 10.2 Å². The zero-order chi connectivity index (χ0) is 14.1. The van der Waals surface area contributed by atoms with E-state index < -0.39 is 0 Å². The molecule has 0 saturated carbocycles. The van der Waals surface area contributed by atoms with Crippen molar-refractivity contribution >= 4 is 5.69 Å². The van der Waals surface area contributed by atoms with E-state index in [-0.39, 0.29) is 5.82 Å². The minimum Gasteiger partial charge on any atom is -0.368 e. The van der Waals surface area contributed by atoms with Crippen molar-refractivity contribution in [3.05, 3.63) is 29.6 Å². The van der Waals surface area contributed by atoms with E-state index in [4.69, 9.17) is 0 Å². The Balaban J connectivity index is 1.80. The zero-order valence-corrected chi connectivity index (χ0v) is 12.4. The number of fused-ring (bicyclic) bond motifs is 1. The van der Waals surface area contributed by atoms with E-state index in [2.05, 4.69) is 29.0 Å². The quantitative estimate of drug-likeness (QED) is 0.912. The third-order valence-corrected chi connectivity index (χ3v) is 4.47. The molecule has 2 heterocycles. The first-order valence-electron chi connectivity index (χ1n) is 7.64. The first-order valence-corrected chi connectivity index (χ1v) is 7.64. The summed E-state index contributed by atoms with van der Waals surface area (Å²) in [5.74, 6) is 0.320. The normalized spacial score (nSPS) is 23.4. The summed E-state index contributed by atoms with van der Waals surface area (Å²) in [6.07, 6.45) is 0. The number of rotatable bonds is 3. The predicted molar refractivity (Wildman–Crippen MR) is 80.9 cm³/mol. The molecule has 1 N–H and O–H groups in total. The van der Waals surface area contributed by atoms with Crippen LogP contribution in [-0.4, -0.2) is 50.2 Å². The van der Waals surface area contributed by atoms with E-state index in [9.17, 15) is 4.39 Å². The second-order valence-corrected chi connectivity index (χ2v) is 6.20. The molecule has 3 nitrogen and oxygen atoms in total. The van der Waals surface area contributed by atoms with Crippen LogP contribution in [0.5, 0.6) is 0 Å². The van der Waals surface area contributed by atoms with E-state index in [0.29, 0.717) is 12.0 Å². The lowest BCUT2D eigenvalue weighted by atomic mass is 10.0. The SMILES string of the molecule is CC(C)N1CC(CN2CCNCC2)c2cc(F)ccc21. The molecule has 3 rings (SSSR count). The van der Waals surface area contributed by atoms with Gasteiger partial charge in [0.15, 0.2) is 0 Å². The Morgan fingerprint density at radius 3 is 2.75 bits per heavy atom. The number of nitrogens with one attached hydrogen (secondary N) is 1. The van der Waals surface area contributed by atoms with Crippen molar-refractivity contribution < 1.29 is 4.39 Å². The molecule has 0 spiro atoms. The molecule has 2 aliphatic rings.